The first kappa shape index (κ1) is 13.5. The lowest BCUT2D eigenvalue weighted by atomic mass is 9.86. The number of carbonyl (C=O) groups excluding carboxylic acids is 1. The third-order valence-electron chi connectivity index (χ3n) is 3.88. The molecule has 0 saturated heterocycles. The SMILES string of the molecule is O=C(NC1CCC(C(=O)O)CC1)c1cn2cccnc2n1. The minimum atomic E-state index is -0.744. The minimum absolute atomic E-state index is 0.0193. The fourth-order valence-corrected chi connectivity index (χ4v) is 2.68. The first-order valence-electron chi connectivity index (χ1n) is 6.97. The fourth-order valence-electron chi connectivity index (χ4n) is 2.68. The molecule has 7 nitrogen and oxygen atoms in total. The van der Waals surface area contributed by atoms with Gasteiger partial charge in [0.05, 0.1) is 5.92 Å². The van der Waals surface area contributed by atoms with Crippen LogP contribution in [0, 0.1) is 5.92 Å². The smallest absolute Gasteiger partial charge is 0.306 e. The van der Waals surface area contributed by atoms with E-state index in [1.165, 1.54) is 0 Å². The van der Waals surface area contributed by atoms with Gasteiger partial charge >= 0.3 is 5.97 Å². The third-order valence-corrected chi connectivity index (χ3v) is 3.88. The Morgan fingerprint density at radius 1 is 1.29 bits per heavy atom. The zero-order chi connectivity index (χ0) is 14.8. The van der Waals surface area contributed by atoms with Crippen molar-refractivity contribution < 1.29 is 14.7 Å². The van der Waals surface area contributed by atoms with E-state index in [9.17, 15) is 9.59 Å². The molecule has 21 heavy (non-hydrogen) atoms. The van der Waals surface area contributed by atoms with E-state index in [-0.39, 0.29) is 17.9 Å². The van der Waals surface area contributed by atoms with Gasteiger partial charge in [-0.1, -0.05) is 0 Å². The van der Waals surface area contributed by atoms with Crippen LogP contribution in [0.3, 0.4) is 0 Å². The number of carbonyl (C=O) groups is 2. The van der Waals surface area contributed by atoms with Crippen molar-refractivity contribution >= 4 is 17.7 Å². The molecule has 0 aromatic carbocycles. The van der Waals surface area contributed by atoms with Crippen molar-refractivity contribution in [3.63, 3.8) is 0 Å². The average molecular weight is 288 g/mol. The van der Waals surface area contributed by atoms with E-state index in [0.717, 1.165) is 0 Å². The molecular weight excluding hydrogens is 272 g/mol. The lowest BCUT2D eigenvalue weighted by molar-refractivity contribution is -0.142. The molecule has 0 spiro atoms. The summed E-state index contributed by atoms with van der Waals surface area (Å²) in [4.78, 5) is 31.3. The van der Waals surface area contributed by atoms with E-state index in [4.69, 9.17) is 5.11 Å². The summed E-state index contributed by atoms with van der Waals surface area (Å²) in [6.07, 6.45) is 7.63. The highest BCUT2D eigenvalue weighted by Crippen LogP contribution is 2.24. The average Bonchev–Trinajstić information content (AvgIpc) is 2.92. The van der Waals surface area contributed by atoms with Crippen LogP contribution in [0.15, 0.2) is 24.7 Å². The zero-order valence-electron chi connectivity index (χ0n) is 11.4. The molecule has 2 N–H and O–H groups in total. The van der Waals surface area contributed by atoms with Crippen LogP contribution < -0.4 is 5.32 Å². The normalized spacial score (nSPS) is 22.1. The number of aromatic nitrogens is 3. The van der Waals surface area contributed by atoms with Gasteiger partial charge in [-0.3, -0.25) is 14.0 Å². The number of rotatable bonds is 3. The summed E-state index contributed by atoms with van der Waals surface area (Å²) >= 11 is 0. The number of hydrogen-bond donors (Lipinski definition) is 2. The van der Waals surface area contributed by atoms with Crippen LogP contribution in [0.25, 0.3) is 5.78 Å². The van der Waals surface area contributed by atoms with Crippen LogP contribution in [0.4, 0.5) is 0 Å². The van der Waals surface area contributed by atoms with Gasteiger partial charge in [0.2, 0.25) is 5.78 Å². The molecule has 110 valence electrons. The van der Waals surface area contributed by atoms with E-state index in [1.54, 1.807) is 29.1 Å². The number of nitrogens with zero attached hydrogens (tertiary/aromatic N) is 3. The quantitative estimate of drug-likeness (QED) is 0.881. The summed E-state index contributed by atoms with van der Waals surface area (Å²) in [6, 6.07) is 1.79. The van der Waals surface area contributed by atoms with Gasteiger partial charge in [0.1, 0.15) is 5.69 Å². The van der Waals surface area contributed by atoms with Gasteiger partial charge in [-0.25, -0.2) is 9.97 Å². The Balaban J connectivity index is 1.63. The molecule has 2 aromatic heterocycles. The number of carboxylic acid groups (broad SMARTS) is 1. The van der Waals surface area contributed by atoms with E-state index >= 15 is 0 Å². The number of hydrogen-bond acceptors (Lipinski definition) is 4. The van der Waals surface area contributed by atoms with Crippen molar-refractivity contribution in [1.29, 1.82) is 0 Å². The Kier molecular flexibility index (Phi) is 3.55. The Bertz CT molecular complexity index is 641. The molecule has 3 rings (SSSR count). The monoisotopic (exact) mass is 288 g/mol. The molecule has 0 atom stereocenters. The van der Waals surface area contributed by atoms with Gasteiger partial charge in [-0.15, -0.1) is 0 Å². The maximum Gasteiger partial charge on any atom is 0.306 e. The maximum absolute atomic E-state index is 12.2. The van der Waals surface area contributed by atoms with Gasteiger partial charge in [-0.2, -0.15) is 0 Å². The summed E-state index contributed by atoms with van der Waals surface area (Å²) in [6.45, 7) is 0. The second kappa shape index (κ2) is 5.51. The van der Waals surface area contributed by atoms with Crippen LogP contribution in [-0.2, 0) is 4.79 Å². The molecule has 0 unspecified atom stereocenters. The molecule has 1 amide bonds. The molecule has 7 heteroatoms. The number of imidazole rings is 1. The first-order chi connectivity index (χ1) is 10.1. The molecule has 1 fully saturated rings. The Morgan fingerprint density at radius 2 is 2.05 bits per heavy atom. The summed E-state index contributed by atoms with van der Waals surface area (Å²) in [7, 11) is 0. The fraction of sp³-hybridized carbons (Fsp3) is 0.429. The standard InChI is InChI=1S/C14H16N4O3/c19-12(11-8-18-7-1-6-15-14(18)17-11)16-10-4-2-9(3-5-10)13(20)21/h1,6-10H,2-5H2,(H,16,19)(H,20,21). The summed E-state index contributed by atoms with van der Waals surface area (Å²) < 4.78 is 1.69. The van der Waals surface area contributed by atoms with Crippen LogP contribution in [-0.4, -0.2) is 37.4 Å². The van der Waals surface area contributed by atoms with Crippen molar-refractivity contribution in [1.82, 2.24) is 19.7 Å². The summed E-state index contributed by atoms with van der Waals surface area (Å²) in [5, 5.41) is 11.9. The zero-order valence-corrected chi connectivity index (χ0v) is 11.4. The molecule has 1 aliphatic rings. The van der Waals surface area contributed by atoms with Crippen molar-refractivity contribution in [2.24, 2.45) is 5.92 Å². The predicted molar refractivity (Wildman–Crippen MR) is 73.8 cm³/mol. The Morgan fingerprint density at radius 3 is 2.71 bits per heavy atom. The van der Waals surface area contributed by atoms with Crippen LogP contribution in [0.5, 0.6) is 0 Å². The first-order valence-corrected chi connectivity index (χ1v) is 6.97. The predicted octanol–water partition coefficient (Wildman–Crippen LogP) is 1.10. The van der Waals surface area contributed by atoms with Gasteiger partial charge in [0, 0.05) is 24.6 Å². The number of aliphatic carboxylic acids is 1. The molecule has 0 aliphatic heterocycles. The van der Waals surface area contributed by atoms with Gasteiger partial charge < -0.3 is 10.4 Å². The second-order valence-corrected chi connectivity index (χ2v) is 5.31. The van der Waals surface area contributed by atoms with E-state index in [1.807, 2.05) is 0 Å². The molecule has 1 aliphatic carbocycles. The summed E-state index contributed by atoms with van der Waals surface area (Å²) in [5.74, 6) is -0.778. The lowest BCUT2D eigenvalue weighted by Crippen LogP contribution is -2.38. The number of nitrogens with one attached hydrogen (secondary N) is 1. The highest BCUT2D eigenvalue weighted by molar-refractivity contribution is 5.92. The molecule has 0 radical (unpaired) electrons. The van der Waals surface area contributed by atoms with Crippen LogP contribution in [0.2, 0.25) is 0 Å². The highest BCUT2D eigenvalue weighted by atomic mass is 16.4. The highest BCUT2D eigenvalue weighted by Gasteiger charge is 2.27. The van der Waals surface area contributed by atoms with Crippen molar-refractivity contribution in [3.8, 4) is 0 Å². The summed E-state index contributed by atoms with van der Waals surface area (Å²) in [5.41, 5.74) is 0.328. The number of carboxylic acids is 1. The van der Waals surface area contributed by atoms with Crippen LogP contribution in [0.1, 0.15) is 36.2 Å². The second-order valence-electron chi connectivity index (χ2n) is 5.31. The minimum Gasteiger partial charge on any atom is -0.481 e. The van der Waals surface area contributed by atoms with E-state index in [2.05, 4.69) is 15.3 Å². The largest absolute Gasteiger partial charge is 0.481 e. The topological polar surface area (TPSA) is 96.6 Å². The maximum atomic E-state index is 12.2. The number of fused-ring (bicyclic) bond motifs is 1. The van der Waals surface area contributed by atoms with Gasteiger partial charge in [0.15, 0.2) is 0 Å². The van der Waals surface area contributed by atoms with Gasteiger partial charge in [-0.05, 0) is 31.7 Å². The Hall–Kier alpha value is -2.44. The van der Waals surface area contributed by atoms with Crippen molar-refractivity contribution in [2.45, 2.75) is 31.7 Å². The van der Waals surface area contributed by atoms with Crippen molar-refractivity contribution in [2.75, 3.05) is 0 Å². The Labute approximate surface area is 121 Å². The molecule has 1 saturated carbocycles. The lowest BCUT2D eigenvalue weighted by Gasteiger charge is -2.26. The van der Waals surface area contributed by atoms with Crippen molar-refractivity contribution in [3.05, 3.63) is 30.4 Å². The molecule has 2 aromatic rings. The third kappa shape index (κ3) is 2.86. The molecule has 2 heterocycles. The van der Waals surface area contributed by atoms with E-state index < -0.39 is 5.97 Å². The molecule has 0 bridgehead atoms. The number of amides is 1. The molecular formula is C14H16N4O3. The van der Waals surface area contributed by atoms with E-state index in [0.29, 0.717) is 37.2 Å². The van der Waals surface area contributed by atoms with Crippen LogP contribution >= 0.6 is 0 Å². The van der Waals surface area contributed by atoms with Gasteiger partial charge in [0.25, 0.3) is 5.91 Å².